The third-order valence-corrected chi connectivity index (χ3v) is 10.2. The Hall–Kier alpha value is -1.35. The first-order valence-electron chi connectivity index (χ1n) is 12.8. The van der Waals surface area contributed by atoms with Gasteiger partial charge in [0.1, 0.15) is 0 Å². The molecular weight excluding hydrogens is 382 g/mol. The lowest BCUT2D eigenvalue weighted by Crippen LogP contribution is -2.51. The second-order valence-electron chi connectivity index (χ2n) is 11.8. The number of aryl methyl sites for hydroxylation is 1. The molecule has 1 unspecified atom stereocenters. The minimum absolute atomic E-state index is 0.107. The summed E-state index contributed by atoms with van der Waals surface area (Å²) in [6.45, 7) is 10.3. The second kappa shape index (κ2) is 7.90. The van der Waals surface area contributed by atoms with Crippen LogP contribution in [-0.2, 0) is 0 Å². The van der Waals surface area contributed by atoms with Crippen LogP contribution in [0.3, 0.4) is 0 Å². The average molecular weight is 424 g/mol. The number of nitrogens with zero attached hydrogens (tertiary/aromatic N) is 1. The zero-order valence-electron chi connectivity index (χ0n) is 19.9. The van der Waals surface area contributed by atoms with Crippen molar-refractivity contribution in [3.05, 3.63) is 35.5 Å². The lowest BCUT2D eigenvalue weighted by atomic mass is 9.47. The highest BCUT2D eigenvalue weighted by molar-refractivity contribution is 5.25. The fraction of sp³-hybridized carbons (Fsp3) is 0.750. The van der Waals surface area contributed by atoms with Crippen LogP contribution in [0.1, 0.15) is 77.8 Å². The molecule has 31 heavy (non-hydrogen) atoms. The molecule has 0 amide bonds. The molecule has 3 heteroatoms. The van der Waals surface area contributed by atoms with Gasteiger partial charge in [-0.15, -0.1) is 0 Å². The summed E-state index contributed by atoms with van der Waals surface area (Å²) in [6.07, 6.45) is 12.2. The van der Waals surface area contributed by atoms with Crippen molar-refractivity contribution in [2.45, 2.75) is 85.2 Å². The van der Waals surface area contributed by atoms with Crippen molar-refractivity contribution < 1.29 is 9.84 Å². The number of pyridine rings is 1. The Labute approximate surface area is 188 Å². The molecule has 0 aromatic carbocycles. The van der Waals surface area contributed by atoms with E-state index in [1.807, 2.05) is 25.1 Å². The Morgan fingerprint density at radius 3 is 2.77 bits per heavy atom. The van der Waals surface area contributed by atoms with E-state index in [1.165, 1.54) is 38.5 Å². The Morgan fingerprint density at radius 1 is 1.13 bits per heavy atom. The zero-order chi connectivity index (χ0) is 21.8. The van der Waals surface area contributed by atoms with Crippen molar-refractivity contribution in [3.8, 4) is 5.88 Å². The van der Waals surface area contributed by atoms with Gasteiger partial charge in [0.2, 0.25) is 5.88 Å². The standard InChI is InChI=1S/C28H41NO2/c1-18(17-31-26-7-5-6-19(2)29-26)23-10-11-24-22-9-8-20-16-21(30)12-14-27(20,3)25(22)13-15-28(23,24)4/h5-8,18,21-25,30H,9-17H2,1-4H3/t18?,21-,22-,23+,24-,25-,27-,28+/m0/s1. The lowest BCUT2D eigenvalue weighted by molar-refractivity contribution is -0.0592. The number of ether oxygens (including phenoxy) is 1. The van der Waals surface area contributed by atoms with Crippen LogP contribution in [0.5, 0.6) is 5.88 Å². The molecule has 4 aliphatic rings. The highest BCUT2D eigenvalue weighted by Gasteiger charge is 2.59. The van der Waals surface area contributed by atoms with Crippen LogP contribution in [0.2, 0.25) is 0 Å². The van der Waals surface area contributed by atoms with E-state index < -0.39 is 0 Å². The van der Waals surface area contributed by atoms with E-state index in [2.05, 4.69) is 31.8 Å². The summed E-state index contributed by atoms with van der Waals surface area (Å²) in [7, 11) is 0. The van der Waals surface area contributed by atoms with E-state index in [1.54, 1.807) is 5.57 Å². The van der Waals surface area contributed by atoms with Crippen LogP contribution >= 0.6 is 0 Å². The molecular formula is C28H41NO2. The van der Waals surface area contributed by atoms with Gasteiger partial charge >= 0.3 is 0 Å². The predicted molar refractivity (Wildman–Crippen MR) is 125 cm³/mol. The smallest absolute Gasteiger partial charge is 0.213 e. The number of rotatable bonds is 4. The maximum Gasteiger partial charge on any atom is 0.213 e. The molecule has 0 bridgehead atoms. The molecule has 0 radical (unpaired) electrons. The summed E-state index contributed by atoms with van der Waals surface area (Å²) >= 11 is 0. The van der Waals surface area contributed by atoms with Crippen molar-refractivity contribution >= 4 is 0 Å². The SMILES string of the molecule is Cc1cccc(OCC(C)[C@H]2CC[C@H]3[C@@H]4CC=C5C[C@@H](O)CC[C@]5(C)[C@H]4CC[C@]23C)n1. The quantitative estimate of drug-likeness (QED) is 0.574. The van der Waals surface area contributed by atoms with Crippen LogP contribution in [-0.4, -0.2) is 22.8 Å². The number of aromatic nitrogens is 1. The van der Waals surface area contributed by atoms with Crippen molar-refractivity contribution in [2.24, 2.45) is 40.4 Å². The fourth-order valence-electron chi connectivity index (χ4n) is 8.55. The van der Waals surface area contributed by atoms with E-state index >= 15 is 0 Å². The van der Waals surface area contributed by atoms with E-state index in [0.717, 1.165) is 54.7 Å². The molecule has 4 aliphatic carbocycles. The third-order valence-electron chi connectivity index (χ3n) is 10.2. The normalized spacial score (nSPS) is 42.7. The van der Waals surface area contributed by atoms with Gasteiger partial charge in [0.05, 0.1) is 12.7 Å². The van der Waals surface area contributed by atoms with Crippen molar-refractivity contribution in [1.82, 2.24) is 4.98 Å². The molecule has 3 saturated carbocycles. The first kappa shape index (κ1) is 21.5. The Balaban J connectivity index is 1.31. The summed E-state index contributed by atoms with van der Waals surface area (Å²) in [5.41, 5.74) is 3.38. The van der Waals surface area contributed by atoms with Gasteiger partial charge in [0, 0.05) is 11.8 Å². The molecule has 0 saturated heterocycles. The van der Waals surface area contributed by atoms with Gasteiger partial charge in [0.25, 0.3) is 0 Å². The minimum atomic E-state index is -0.107. The Kier molecular flexibility index (Phi) is 5.48. The van der Waals surface area contributed by atoms with Crippen LogP contribution in [0, 0.1) is 47.3 Å². The minimum Gasteiger partial charge on any atom is -0.477 e. The van der Waals surface area contributed by atoms with Crippen LogP contribution in [0.25, 0.3) is 0 Å². The Morgan fingerprint density at radius 2 is 1.97 bits per heavy atom. The molecule has 1 N–H and O–H groups in total. The summed E-state index contributed by atoms with van der Waals surface area (Å²) in [4.78, 5) is 4.53. The largest absolute Gasteiger partial charge is 0.477 e. The maximum atomic E-state index is 10.2. The maximum absolute atomic E-state index is 10.2. The molecule has 1 heterocycles. The Bertz CT molecular complexity index is 849. The van der Waals surface area contributed by atoms with Crippen molar-refractivity contribution in [2.75, 3.05) is 6.61 Å². The fourth-order valence-corrected chi connectivity index (χ4v) is 8.55. The lowest BCUT2D eigenvalue weighted by Gasteiger charge is -2.58. The van der Waals surface area contributed by atoms with Crippen LogP contribution < -0.4 is 4.74 Å². The highest BCUT2D eigenvalue weighted by atomic mass is 16.5. The van der Waals surface area contributed by atoms with Gasteiger partial charge in [0.15, 0.2) is 0 Å². The first-order chi connectivity index (χ1) is 14.8. The van der Waals surface area contributed by atoms with E-state index in [4.69, 9.17) is 4.74 Å². The molecule has 170 valence electrons. The predicted octanol–water partition coefficient (Wildman–Crippen LogP) is 6.34. The number of aliphatic hydroxyl groups is 1. The van der Waals surface area contributed by atoms with Gasteiger partial charge in [-0.3, -0.25) is 0 Å². The second-order valence-corrected chi connectivity index (χ2v) is 11.8. The molecule has 1 aromatic heterocycles. The topological polar surface area (TPSA) is 42.4 Å². The molecule has 3 nitrogen and oxygen atoms in total. The summed E-state index contributed by atoms with van der Waals surface area (Å²) in [5, 5.41) is 10.2. The van der Waals surface area contributed by atoms with Crippen molar-refractivity contribution in [1.29, 1.82) is 0 Å². The molecule has 0 spiro atoms. The van der Waals surface area contributed by atoms with E-state index in [0.29, 0.717) is 16.7 Å². The van der Waals surface area contributed by atoms with Gasteiger partial charge < -0.3 is 9.84 Å². The van der Waals surface area contributed by atoms with Gasteiger partial charge in [-0.2, -0.15) is 0 Å². The van der Waals surface area contributed by atoms with Crippen LogP contribution in [0.15, 0.2) is 29.8 Å². The zero-order valence-corrected chi connectivity index (χ0v) is 19.9. The molecule has 1 aromatic rings. The molecule has 0 aliphatic heterocycles. The highest BCUT2D eigenvalue weighted by Crippen LogP contribution is 2.67. The van der Waals surface area contributed by atoms with E-state index in [9.17, 15) is 5.11 Å². The number of hydrogen-bond donors (Lipinski definition) is 1. The monoisotopic (exact) mass is 423 g/mol. The van der Waals surface area contributed by atoms with Crippen molar-refractivity contribution in [3.63, 3.8) is 0 Å². The molecule has 5 rings (SSSR count). The number of allylic oxidation sites excluding steroid dienone is 1. The summed E-state index contributed by atoms with van der Waals surface area (Å²) < 4.78 is 6.14. The number of fused-ring (bicyclic) bond motifs is 5. The van der Waals surface area contributed by atoms with E-state index in [-0.39, 0.29) is 6.10 Å². The molecule has 8 atom stereocenters. The summed E-state index contributed by atoms with van der Waals surface area (Å²) in [6, 6.07) is 6.04. The third kappa shape index (κ3) is 3.56. The van der Waals surface area contributed by atoms with Crippen LogP contribution in [0.4, 0.5) is 0 Å². The van der Waals surface area contributed by atoms with Gasteiger partial charge in [-0.25, -0.2) is 4.98 Å². The first-order valence-corrected chi connectivity index (χ1v) is 12.8. The summed E-state index contributed by atoms with van der Waals surface area (Å²) in [5.74, 6) is 4.57. The molecule has 3 fully saturated rings. The number of hydrogen-bond acceptors (Lipinski definition) is 3. The average Bonchev–Trinajstić information content (AvgIpc) is 3.10. The van der Waals surface area contributed by atoms with Gasteiger partial charge in [-0.05, 0) is 105 Å². The number of aliphatic hydroxyl groups excluding tert-OH is 1. The van der Waals surface area contributed by atoms with Gasteiger partial charge in [-0.1, -0.05) is 38.5 Å².